The van der Waals surface area contributed by atoms with Crippen LogP contribution in [0.1, 0.15) is 37.5 Å². The number of rotatable bonds is 2. The molecule has 0 atom stereocenters. The fourth-order valence-corrected chi connectivity index (χ4v) is 3.49. The summed E-state index contributed by atoms with van der Waals surface area (Å²) >= 11 is 0. The maximum absolute atomic E-state index is 2.32. The van der Waals surface area contributed by atoms with Crippen molar-refractivity contribution >= 4 is 17.0 Å². The van der Waals surface area contributed by atoms with Crippen LogP contribution in [0.25, 0.3) is 6.08 Å². The lowest BCUT2D eigenvalue weighted by molar-refractivity contribution is 0.586. The molecule has 0 saturated carbocycles. The van der Waals surface area contributed by atoms with Gasteiger partial charge in [-0.2, -0.15) is 10.9 Å². The van der Waals surface area contributed by atoms with E-state index in [1.54, 1.807) is 0 Å². The Labute approximate surface area is 113 Å². The largest absolute Gasteiger partial charge is 0.193 e. The Bertz CT molecular complexity index is 501. The minimum Gasteiger partial charge on any atom is -0.193 e. The highest BCUT2D eigenvalue weighted by atomic mass is 32.2. The average molecular weight is 258 g/mol. The summed E-state index contributed by atoms with van der Waals surface area (Å²) < 4.78 is 0. The van der Waals surface area contributed by atoms with E-state index in [1.807, 2.05) is 0 Å². The first-order chi connectivity index (χ1) is 8.48. The van der Waals surface area contributed by atoms with Gasteiger partial charge in [0.15, 0.2) is 0 Å². The minimum atomic E-state index is -0.161. The molecule has 0 radical (unpaired) electrons. The van der Waals surface area contributed by atoms with Crippen molar-refractivity contribution in [2.24, 2.45) is 0 Å². The van der Waals surface area contributed by atoms with E-state index in [9.17, 15) is 0 Å². The number of thiol groups is 1. The number of hydrogen-bond acceptors (Lipinski definition) is 0. The van der Waals surface area contributed by atoms with Gasteiger partial charge in [0.2, 0.25) is 0 Å². The summed E-state index contributed by atoms with van der Waals surface area (Å²) in [5.74, 6) is 0. The zero-order valence-corrected chi connectivity index (χ0v) is 12.5. The van der Waals surface area contributed by atoms with Gasteiger partial charge in [-0.15, -0.1) is 0 Å². The summed E-state index contributed by atoms with van der Waals surface area (Å²) in [6.07, 6.45) is 6.54. The van der Waals surface area contributed by atoms with Crippen LogP contribution in [0, 0.1) is 6.92 Å². The van der Waals surface area contributed by atoms with Crippen molar-refractivity contribution in [1.29, 1.82) is 0 Å². The molecule has 1 heterocycles. The molecule has 2 rings (SSSR count). The first kappa shape index (κ1) is 13.2. The smallest absolute Gasteiger partial charge is 0.0129 e. The number of hydrogen-bond donors (Lipinski definition) is 1. The topological polar surface area (TPSA) is 0 Å². The van der Waals surface area contributed by atoms with E-state index >= 15 is 0 Å². The van der Waals surface area contributed by atoms with Crippen molar-refractivity contribution in [3.8, 4) is 0 Å². The molecule has 0 aromatic heterocycles. The normalized spacial score (nSPS) is 17.0. The maximum Gasteiger partial charge on any atom is -0.0129 e. The molecule has 0 unspecified atom stereocenters. The van der Waals surface area contributed by atoms with Gasteiger partial charge in [0.25, 0.3) is 0 Å². The van der Waals surface area contributed by atoms with Crippen molar-refractivity contribution in [3.05, 3.63) is 63.3 Å². The first-order valence-electron chi connectivity index (χ1n) is 6.39. The summed E-state index contributed by atoms with van der Waals surface area (Å²) in [4.78, 5) is 0. The lowest BCUT2D eigenvalue weighted by atomic mass is 9.83. The molecule has 1 aliphatic rings. The highest BCUT2D eigenvalue weighted by Crippen LogP contribution is 2.35. The van der Waals surface area contributed by atoms with Crippen molar-refractivity contribution < 1.29 is 0 Å². The number of benzene rings is 1. The van der Waals surface area contributed by atoms with Crippen molar-refractivity contribution in [2.45, 2.75) is 33.1 Å². The van der Waals surface area contributed by atoms with E-state index in [1.165, 1.54) is 16.7 Å². The monoisotopic (exact) mass is 258 g/mol. The van der Waals surface area contributed by atoms with Crippen LogP contribution in [0.2, 0.25) is 0 Å². The molecule has 0 aliphatic carbocycles. The van der Waals surface area contributed by atoms with Crippen LogP contribution in [0.4, 0.5) is 0 Å². The SMILES string of the molecule is Cc1c(C=C[SH]2C=CC=C2)cccc1C(C)(C)C. The van der Waals surface area contributed by atoms with Gasteiger partial charge in [-0.05, 0) is 51.3 Å². The molecule has 1 heteroatoms. The molecule has 0 nitrogen and oxygen atoms in total. The summed E-state index contributed by atoms with van der Waals surface area (Å²) in [7, 11) is -0.161. The van der Waals surface area contributed by atoms with Crippen molar-refractivity contribution in [2.75, 3.05) is 0 Å². The second kappa shape index (κ2) is 5.19. The predicted octanol–water partition coefficient (Wildman–Crippen LogP) is 5.31. The Morgan fingerprint density at radius 2 is 1.72 bits per heavy atom. The third-order valence-electron chi connectivity index (χ3n) is 3.24. The van der Waals surface area contributed by atoms with E-state index in [-0.39, 0.29) is 16.3 Å². The van der Waals surface area contributed by atoms with Crippen LogP contribution in [0.15, 0.2) is 46.6 Å². The second-order valence-electron chi connectivity index (χ2n) is 5.72. The van der Waals surface area contributed by atoms with Gasteiger partial charge in [-0.3, -0.25) is 0 Å². The Hall–Kier alpha value is -1.21. The maximum atomic E-state index is 2.32. The van der Waals surface area contributed by atoms with Crippen LogP contribution in [-0.2, 0) is 5.41 Å². The van der Waals surface area contributed by atoms with E-state index in [0.717, 1.165) is 0 Å². The molecule has 0 N–H and O–H groups in total. The van der Waals surface area contributed by atoms with Crippen LogP contribution in [0.5, 0.6) is 0 Å². The van der Waals surface area contributed by atoms with Crippen molar-refractivity contribution in [1.82, 2.24) is 0 Å². The lowest BCUT2D eigenvalue weighted by Crippen LogP contribution is -2.13. The van der Waals surface area contributed by atoms with Gasteiger partial charge in [0.1, 0.15) is 0 Å². The predicted molar refractivity (Wildman–Crippen MR) is 86.2 cm³/mol. The van der Waals surface area contributed by atoms with E-state index in [4.69, 9.17) is 0 Å². The van der Waals surface area contributed by atoms with Gasteiger partial charge >= 0.3 is 0 Å². The van der Waals surface area contributed by atoms with Crippen LogP contribution < -0.4 is 0 Å². The molecule has 0 saturated heterocycles. The summed E-state index contributed by atoms with van der Waals surface area (Å²) in [6, 6.07) is 6.62. The number of allylic oxidation sites excluding steroid dienone is 2. The van der Waals surface area contributed by atoms with Gasteiger partial charge < -0.3 is 0 Å². The summed E-state index contributed by atoms with van der Waals surface area (Å²) in [6.45, 7) is 9.05. The minimum absolute atomic E-state index is 0.161. The zero-order valence-electron chi connectivity index (χ0n) is 11.6. The fourth-order valence-electron chi connectivity index (χ4n) is 2.26. The quantitative estimate of drug-likeness (QED) is 0.683. The molecular weight excluding hydrogens is 236 g/mol. The Balaban J connectivity index is 2.29. The van der Waals surface area contributed by atoms with Gasteiger partial charge in [0, 0.05) is 0 Å². The molecule has 18 heavy (non-hydrogen) atoms. The Kier molecular flexibility index (Phi) is 3.82. The van der Waals surface area contributed by atoms with Gasteiger partial charge in [-0.25, -0.2) is 0 Å². The Morgan fingerprint density at radius 1 is 1.06 bits per heavy atom. The zero-order chi connectivity index (χ0) is 13.2. The summed E-state index contributed by atoms with van der Waals surface area (Å²) in [5.41, 5.74) is 4.41. The van der Waals surface area contributed by atoms with Crippen LogP contribution in [0.3, 0.4) is 0 Å². The van der Waals surface area contributed by atoms with E-state index in [0.29, 0.717) is 0 Å². The fraction of sp³-hybridized carbons (Fsp3) is 0.294. The highest BCUT2D eigenvalue weighted by molar-refractivity contribution is 8.24. The lowest BCUT2D eigenvalue weighted by Gasteiger charge is -2.22. The van der Waals surface area contributed by atoms with E-state index < -0.39 is 0 Å². The molecule has 1 aliphatic heterocycles. The van der Waals surface area contributed by atoms with Crippen molar-refractivity contribution in [3.63, 3.8) is 0 Å². The standard InChI is InChI=1S/C17H22S/c1-14-15(10-13-18-11-5-6-12-18)8-7-9-16(14)17(2,3)4/h5-13,18H,1-4H3. The van der Waals surface area contributed by atoms with Crippen LogP contribution in [-0.4, -0.2) is 0 Å². The Morgan fingerprint density at radius 3 is 2.33 bits per heavy atom. The molecule has 0 amide bonds. The molecule has 96 valence electrons. The summed E-state index contributed by atoms with van der Waals surface area (Å²) in [5, 5.41) is 6.87. The molecule has 0 bridgehead atoms. The molecular formula is C17H22S. The molecule has 0 spiro atoms. The first-order valence-corrected chi connectivity index (χ1v) is 7.94. The third-order valence-corrected chi connectivity index (χ3v) is 4.76. The van der Waals surface area contributed by atoms with Gasteiger partial charge in [-0.1, -0.05) is 51.1 Å². The van der Waals surface area contributed by atoms with E-state index in [2.05, 4.69) is 80.3 Å². The average Bonchev–Trinajstić information content (AvgIpc) is 2.79. The second-order valence-corrected chi connectivity index (χ2v) is 7.50. The molecule has 1 aromatic carbocycles. The highest BCUT2D eigenvalue weighted by Gasteiger charge is 2.16. The van der Waals surface area contributed by atoms with Crippen LogP contribution >= 0.6 is 10.9 Å². The molecule has 0 fully saturated rings. The third kappa shape index (κ3) is 2.97. The van der Waals surface area contributed by atoms with Gasteiger partial charge in [0.05, 0.1) is 0 Å². The molecule has 1 aromatic rings.